The topological polar surface area (TPSA) is 90.4 Å². The van der Waals surface area contributed by atoms with Crippen LogP contribution < -0.4 is 0 Å². The second-order valence-electron chi connectivity index (χ2n) is 7.71. The number of esters is 1. The summed E-state index contributed by atoms with van der Waals surface area (Å²) in [6, 6.07) is 1.83. The van der Waals surface area contributed by atoms with Crippen LogP contribution in [0.5, 0.6) is 0 Å². The van der Waals surface area contributed by atoms with Crippen LogP contribution in [-0.4, -0.2) is 46.4 Å². The van der Waals surface area contributed by atoms with Gasteiger partial charge in [0.1, 0.15) is 5.69 Å². The van der Waals surface area contributed by atoms with E-state index in [-0.39, 0.29) is 30.0 Å². The highest BCUT2D eigenvalue weighted by Crippen LogP contribution is 2.22. The summed E-state index contributed by atoms with van der Waals surface area (Å²) in [6.07, 6.45) is 2.26. The molecule has 1 saturated heterocycles. The van der Waals surface area contributed by atoms with E-state index in [0.29, 0.717) is 22.4 Å². The third-order valence-corrected chi connectivity index (χ3v) is 5.61. The van der Waals surface area contributed by atoms with Gasteiger partial charge in [-0.1, -0.05) is 0 Å². The molecule has 1 atom stereocenters. The summed E-state index contributed by atoms with van der Waals surface area (Å²) in [4.78, 5) is 39.8. The maximum absolute atomic E-state index is 12.7. The van der Waals surface area contributed by atoms with Crippen LogP contribution in [0.15, 0.2) is 6.07 Å². The van der Waals surface area contributed by atoms with Gasteiger partial charge in [0, 0.05) is 41.4 Å². The number of nitrogens with one attached hydrogen (secondary N) is 1. The predicted octanol–water partition coefficient (Wildman–Crippen LogP) is 3.47. The SMILES string of the molecule is CC(=O)c1c(C)[nH]c(C(=O)OCC(=O)c2cc(C)n(CC3CCCO3)c2C)c1C. The Balaban J connectivity index is 1.69. The van der Waals surface area contributed by atoms with E-state index in [1.165, 1.54) is 6.92 Å². The molecule has 7 heteroatoms. The molecule has 1 aliphatic rings. The molecule has 0 spiro atoms. The number of aromatic amines is 1. The normalized spacial score (nSPS) is 16.2. The van der Waals surface area contributed by atoms with Crippen molar-refractivity contribution in [2.24, 2.45) is 0 Å². The zero-order chi connectivity index (χ0) is 21.3. The number of hydrogen-bond acceptors (Lipinski definition) is 5. The molecular weight excluding hydrogens is 372 g/mol. The Kier molecular flexibility index (Phi) is 6.07. The Morgan fingerprint density at radius 1 is 1.24 bits per heavy atom. The first-order valence-corrected chi connectivity index (χ1v) is 9.89. The molecule has 1 N–H and O–H groups in total. The zero-order valence-electron chi connectivity index (χ0n) is 17.7. The van der Waals surface area contributed by atoms with Crippen LogP contribution in [-0.2, 0) is 16.0 Å². The highest BCUT2D eigenvalue weighted by molar-refractivity contribution is 6.03. The average Bonchev–Trinajstić information content (AvgIpc) is 3.34. The Hall–Kier alpha value is -2.67. The van der Waals surface area contributed by atoms with Gasteiger partial charge < -0.3 is 19.0 Å². The summed E-state index contributed by atoms with van der Waals surface area (Å²) >= 11 is 0. The quantitative estimate of drug-likeness (QED) is 0.568. The number of Topliss-reactive ketones (excluding diaryl/α,β-unsaturated/α-hetero) is 2. The molecule has 0 saturated carbocycles. The van der Waals surface area contributed by atoms with Crippen LogP contribution in [0.2, 0.25) is 0 Å². The Bertz CT molecular complexity index is 960. The van der Waals surface area contributed by atoms with Crippen molar-refractivity contribution in [1.29, 1.82) is 0 Å². The van der Waals surface area contributed by atoms with Crippen molar-refractivity contribution in [2.45, 2.75) is 60.1 Å². The van der Waals surface area contributed by atoms with E-state index >= 15 is 0 Å². The van der Waals surface area contributed by atoms with Gasteiger partial charge in [0.2, 0.25) is 5.78 Å². The van der Waals surface area contributed by atoms with Crippen molar-refractivity contribution in [3.63, 3.8) is 0 Å². The largest absolute Gasteiger partial charge is 0.453 e. The molecule has 3 rings (SSSR count). The fourth-order valence-electron chi connectivity index (χ4n) is 4.12. The van der Waals surface area contributed by atoms with Crippen molar-refractivity contribution < 1.29 is 23.9 Å². The lowest BCUT2D eigenvalue weighted by molar-refractivity contribution is 0.0468. The second-order valence-corrected chi connectivity index (χ2v) is 7.71. The van der Waals surface area contributed by atoms with E-state index in [2.05, 4.69) is 9.55 Å². The van der Waals surface area contributed by atoms with Crippen LogP contribution in [0.4, 0.5) is 0 Å². The van der Waals surface area contributed by atoms with E-state index in [1.807, 2.05) is 19.9 Å². The van der Waals surface area contributed by atoms with Crippen LogP contribution in [0.25, 0.3) is 0 Å². The fourth-order valence-corrected chi connectivity index (χ4v) is 4.12. The lowest BCUT2D eigenvalue weighted by atomic mass is 10.1. The minimum atomic E-state index is -0.639. The van der Waals surface area contributed by atoms with Crippen molar-refractivity contribution >= 4 is 17.5 Å². The number of aromatic nitrogens is 2. The molecule has 7 nitrogen and oxygen atoms in total. The number of ether oxygens (including phenoxy) is 2. The first-order chi connectivity index (χ1) is 13.7. The predicted molar refractivity (Wildman–Crippen MR) is 108 cm³/mol. The molecule has 0 aliphatic carbocycles. The standard InChI is InChI=1S/C22H28N2O5/c1-12-9-18(15(4)24(12)10-17-7-6-8-28-17)19(26)11-29-22(27)21-13(2)20(16(5)25)14(3)23-21/h9,17,23H,6-8,10-11H2,1-5H3. The highest BCUT2D eigenvalue weighted by atomic mass is 16.5. The van der Waals surface area contributed by atoms with E-state index in [1.54, 1.807) is 13.8 Å². The van der Waals surface area contributed by atoms with Gasteiger partial charge in [0.05, 0.1) is 6.10 Å². The van der Waals surface area contributed by atoms with Gasteiger partial charge in [-0.05, 0) is 59.1 Å². The molecule has 2 aromatic rings. The summed E-state index contributed by atoms with van der Waals surface area (Å²) in [7, 11) is 0. The van der Waals surface area contributed by atoms with Crippen LogP contribution in [0.3, 0.4) is 0 Å². The molecule has 3 heterocycles. The van der Waals surface area contributed by atoms with Gasteiger partial charge >= 0.3 is 5.97 Å². The lowest BCUT2D eigenvalue weighted by Gasteiger charge is -2.14. The van der Waals surface area contributed by atoms with Gasteiger partial charge in [-0.15, -0.1) is 0 Å². The number of ketones is 2. The van der Waals surface area contributed by atoms with E-state index in [9.17, 15) is 14.4 Å². The number of nitrogens with zero attached hydrogens (tertiary/aromatic N) is 1. The van der Waals surface area contributed by atoms with E-state index in [0.717, 1.165) is 37.4 Å². The van der Waals surface area contributed by atoms with Gasteiger partial charge in [0.25, 0.3) is 0 Å². The Labute approximate surface area is 170 Å². The number of H-pyrrole nitrogens is 1. The number of carbonyl (C=O) groups is 3. The van der Waals surface area contributed by atoms with Crippen molar-refractivity contribution in [1.82, 2.24) is 9.55 Å². The first kappa shape index (κ1) is 21.0. The summed E-state index contributed by atoms with van der Waals surface area (Å²) in [5, 5.41) is 0. The molecule has 1 fully saturated rings. The molecule has 1 unspecified atom stereocenters. The molecular formula is C22H28N2O5. The van der Waals surface area contributed by atoms with Crippen molar-refractivity contribution in [3.05, 3.63) is 45.5 Å². The van der Waals surface area contributed by atoms with E-state index in [4.69, 9.17) is 9.47 Å². The molecule has 0 radical (unpaired) electrons. The Morgan fingerprint density at radius 3 is 2.55 bits per heavy atom. The number of hydrogen-bond donors (Lipinski definition) is 1. The molecule has 0 aromatic carbocycles. The maximum Gasteiger partial charge on any atom is 0.355 e. The molecule has 0 bridgehead atoms. The van der Waals surface area contributed by atoms with E-state index < -0.39 is 5.97 Å². The average molecular weight is 400 g/mol. The summed E-state index contributed by atoms with van der Waals surface area (Å²) < 4.78 is 13.0. The third kappa shape index (κ3) is 4.19. The lowest BCUT2D eigenvalue weighted by Crippen LogP contribution is -2.18. The maximum atomic E-state index is 12.7. The van der Waals surface area contributed by atoms with Gasteiger partial charge in [-0.25, -0.2) is 4.79 Å². The van der Waals surface area contributed by atoms with Crippen LogP contribution in [0.1, 0.15) is 73.6 Å². The molecule has 1 aliphatic heterocycles. The third-order valence-electron chi connectivity index (χ3n) is 5.61. The number of carbonyl (C=O) groups excluding carboxylic acids is 3. The number of aryl methyl sites for hydroxylation is 2. The molecule has 29 heavy (non-hydrogen) atoms. The highest BCUT2D eigenvalue weighted by Gasteiger charge is 2.24. The first-order valence-electron chi connectivity index (χ1n) is 9.89. The molecule has 156 valence electrons. The van der Waals surface area contributed by atoms with Gasteiger partial charge in [-0.2, -0.15) is 0 Å². The summed E-state index contributed by atoms with van der Waals surface area (Å²) in [6.45, 7) is 9.89. The fraction of sp³-hybridized carbons (Fsp3) is 0.500. The second kappa shape index (κ2) is 8.37. The van der Waals surface area contributed by atoms with Crippen LogP contribution >= 0.6 is 0 Å². The molecule has 2 aromatic heterocycles. The molecule has 0 amide bonds. The van der Waals surface area contributed by atoms with Crippen molar-refractivity contribution in [3.8, 4) is 0 Å². The smallest absolute Gasteiger partial charge is 0.355 e. The minimum absolute atomic E-state index is 0.120. The summed E-state index contributed by atoms with van der Waals surface area (Å²) in [5.74, 6) is -1.01. The monoisotopic (exact) mass is 400 g/mol. The van der Waals surface area contributed by atoms with Crippen molar-refractivity contribution in [2.75, 3.05) is 13.2 Å². The van der Waals surface area contributed by atoms with Crippen LogP contribution in [0, 0.1) is 27.7 Å². The van der Waals surface area contributed by atoms with Gasteiger partial charge in [-0.3, -0.25) is 9.59 Å². The summed E-state index contributed by atoms with van der Waals surface area (Å²) in [5.41, 5.74) is 4.25. The number of rotatable bonds is 7. The Morgan fingerprint density at radius 2 is 1.97 bits per heavy atom. The van der Waals surface area contributed by atoms with Gasteiger partial charge in [0.15, 0.2) is 12.4 Å². The minimum Gasteiger partial charge on any atom is -0.453 e. The zero-order valence-corrected chi connectivity index (χ0v) is 17.7.